The van der Waals surface area contributed by atoms with Crippen molar-refractivity contribution in [3.05, 3.63) is 10.7 Å². The van der Waals surface area contributed by atoms with Crippen molar-refractivity contribution >= 4 is 29.4 Å². The number of rotatable bonds is 2. The third-order valence-corrected chi connectivity index (χ3v) is 3.13. The second kappa shape index (κ2) is 3.28. The van der Waals surface area contributed by atoms with Crippen LogP contribution in [-0.4, -0.2) is 21.0 Å². The summed E-state index contributed by atoms with van der Waals surface area (Å²) in [6, 6.07) is 0. The first-order chi connectivity index (χ1) is 6.94. The summed E-state index contributed by atoms with van der Waals surface area (Å²) in [5.41, 5.74) is 0.490. The topological polar surface area (TPSA) is 64.4 Å². The van der Waals surface area contributed by atoms with Gasteiger partial charge in [-0.1, -0.05) is 11.6 Å². The van der Waals surface area contributed by atoms with Crippen LogP contribution < -0.4 is 4.74 Å². The van der Waals surface area contributed by atoms with E-state index in [0.717, 1.165) is 12.8 Å². The first kappa shape index (κ1) is 10.6. The zero-order valence-electron chi connectivity index (χ0n) is 7.83. The van der Waals surface area contributed by atoms with Gasteiger partial charge in [0, 0.05) is 7.05 Å². The molecule has 82 valence electrons. The number of nitrogens with zero attached hydrogens (tertiary/aromatic N) is 2. The minimum Gasteiger partial charge on any atom is -0.449 e. The number of carboxylic acid groups (broad SMARTS) is 1. The molecule has 0 unspecified atom stereocenters. The van der Waals surface area contributed by atoms with Gasteiger partial charge in [0.05, 0.1) is 4.87 Å². The van der Waals surface area contributed by atoms with E-state index < -0.39 is 11.0 Å². The number of aryl methyl sites for hydroxylation is 1. The molecule has 2 rings (SSSR count). The van der Waals surface area contributed by atoms with E-state index in [9.17, 15) is 4.79 Å². The van der Waals surface area contributed by atoms with E-state index in [0.29, 0.717) is 5.69 Å². The van der Waals surface area contributed by atoms with Crippen LogP contribution in [0.2, 0.25) is 5.02 Å². The van der Waals surface area contributed by atoms with E-state index in [2.05, 4.69) is 9.84 Å². The van der Waals surface area contributed by atoms with Gasteiger partial charge >= 0.3 is 6.16 Å². The summed E-state index contributed by atoms with van der Waals surface area (Å²) in [6.45, 7) is 0. The molecule has 1 aliphatic rings. The Morgan fingerprint density at radius 2 is 2.27 bits per heavy atom. The van der Waals surface area contributed by atoms with Crippen molar-refractivity contribution in [3.8, 4) is 5.88 Å². The van der Waals surface area contributed by atoms with Crippen LogP contribution in [0.1, 0.15) is 18.5 Å². The molecule has 1 aromatic heterocycles. The smallest absolute Gasteiger partial charge is 0.449 e. The minimum atomic E-state index is -1.43. The van der Waals surface area contributed by atoms with E-state index >= 15 is 0 Å². The number of hydrogen-bond acceptors (Lipinski definition) is 3. The van der Waals surface area contributed by atoms with Crippen molar-refractivity contribution in [1.82, 2.24) is 9.78 Å². The number of halogens is 2. The molecular weight excluding hydrogens is 243 g/mol. The lowest BCUT2D eigenvalue weighted by molar-refractivity contribution is 0.140. The lowest BCUT2D eigenvalue weighted by atomic mass is 10.3. The first-order valence-corrected chi connectivity index (χ1v) is 5.02. The summed E-state index contributed by atoms with van der Waals surface area (Å²) in [5, 5.41) is 12.7. The minimum absolute atomic E-state index is 0.00564. The fourth-order valence-corrected chi connectivity index (χ4v) is 1.96. The van der Waals surface area contributed by atoms with E-state index in [1.54, 1.807) is 7.05 Å². The van der Waals surface area contributed by atoms with Gasteiger partial charge in [-0.05, 0) is 12.8 Å². The number of aromatic nitrogens is 2. The van der Waals surface area contributed by atoms with Crippen molar-refractivity contribution in [2.45, 2.75) is 17.7 Å². The Balaban J connectivity index is 2.39. The highest BCUT2D eigenvalue weighted by molar-refractivity contribution is 6.35. The third kappa shape index (κ3) is 1.77. The highest BCUT2D eigenvalue weighted by Gasteiger charge is 2.47. The first-order valence-electron chi connectivity index (χ1n) is 4.27. The maximum atomic E-state index is 10.4. The molecule has 1 aromatic rings. The molecule has 1 saturated carbocycles. The molecule has 0 atom stereocenters. The average molecular weight is 251 g/mol. The predicted octanol–water partition coefficient (Wildman–Crippen LogP) is 2.36. The molecule has 1 N–H and O–H groups in total. The summed E-state index contributed by atoms with van der Waals surface area (Å²) in [6.07, 6.45) is 0.154. The lowest BCUT2D eigenvalue weighted by Gasteiger charge is -2.00. The molecule has 0 aliphatic heterocycles. The maximum Gasteiger partial charge on any atom is 0.512 e. The van der Waals surface area contributed by atoms with Gasteiger partial charge < -0.3 is 9.84 Å². The predicted molar refractivity (Wildman–Crippen MR) is 53.6 cm³/mol. The molecule has 0 bridgehead atoms. The average Bonchev–Trinajstić information content (AvgIpc) is 2.82. The monoisotopic (exact) mass is 250 g/mol. The Morgan fingerprint density at radius 1 is 1.67 bits per heavy atom. The number of alkyl halides is 1. The zero-order valence-corrected chi connectivity index (χ0v) is 9.34. The van der Waals surface area contributed by atoms with Crippen molar-refractivity contribution in [3.63, 3.8) is 0 Å². The molecule has 1 fully saturated rings. The van der Waals surface area contributed by atoms with Crippen LogP contribution in [0, 0.1) is 0 Å². The Labute approximate surface area is 95.5 Å². The highest BCUT2D eigenvalue weighted by Crippen LogP contribution is 2.54. The second-order valence-electron chi connectivity index (χ2n) is 3.42. The van der Waals surface area contributed by atoms with Crippen molar-refractivity contribution in [2.24, 2.45) is 7.05 Å². The van der Waals surface area contributed by atoms with Crippen LogP contribution >= 0.6 is 23.2 Å². The summed E-state index contributed by atoms with van der Waals surface area (Å²) in [7, 11) is 1.55. The molecule has 0 aromatic carbocycles. The number of hydrogen-bond donors (Lipinski definition) is 1. The normalized spacial score (nSPS) is 17.5. The second-order valence-corrected chi connectivity index (χ2v) is 4.53. The Kier molecular flexibility index (Phi) is 2.31. The van der Waals surface area contributed by atoms with Crippen LogP contribution in [-0.2, 0) is 11.9 Å². The molecule has 0 spiro atoms. The van der Waals surface area contributed by atoms with Gasteiger partial charge in [-0.25, -0.2) is 9.48 Å². The molecular formula is C8H8Cl2N2O3. The molecule has 7 heteroatoms. The quantitative estimate of drug-likeness (QED) is 0.647. The van der Waals surface area contributed by atoms with Crippen LogP contribution in [0.3, 0.4) is 0 Å². The standard InChI is InChI=1S/C8H8Cl2N2O3/c1-12-6(15-7(13)14)4(9)5(11-12)8(10)2-3-8/h2-3H2,1H3,(H,13,14). The van der Waals surface area contributed by atoms with E-state index in [1.165, 1.54) is 4.68 Å². The fraction of sp³-hybridized carbons (Fsp3) is 0.500. The number of carbonyl (C=O) groups is 1. The zero-order chi connectivity index (χ0) is 11.2. The van der Waals surface area contributed by atoms with Crippen LogP contribution in [0.4, 0.5) is 4.79 Å². The highest BCUT2D eigenvalue weighted by atomic mass is 35.5. The summed E-state index contributed by atoms with van der Waals surface area (Å²) in [4.78, 5) is 9.86. The molecule has 5 nitrogen and oxygen atoms in total. The Bertz CT molecular complexity index is 426. The van der Waals surface area contributed by atoms with Crippen LogP contribution in [0.25, 0.3) is 0 Å². The fourth-order valence-electron chi connectivity index (χ4n) is 1.31. The Hall–Kier alpha value is -0.940. The van der Waals surface area contributed by atoms with E-state index in [-0.39, 0.29) is 10.9 Å². The molecule has 0 amide bonds. The van der Waals surface area contributed by atoms with Crippen LogP contribution in [0.5, 0.6) is 5.88 Å². The van der Waals surface area contributed by atoms with Gasteiger partial charge in [-0.3, -0.25) is 0 Å². The van der Waals surface area contributed by atoms with Gasteiger partial charge in [-0.2, -0.15) is 5.10 Å². The van der Waals surface area contributed by atoms with Gasteiger partial charge in [0.15, 0.2) is 0 Å². The number of ether oxygens (including phenoxy) is 1. The van der Waals surface area contributed by atoms with Crippen molar-refractivity contribution in [2.75, 3.05) is 0 Å². The molecule has 1 aliphatic carbocycles. The van der Waals surface area contributed by atoms with Crippen molar-refractivity contribution < 1.29 is 14.6 Å². The summed E-state index contributed by atoms with van der Waals surface area (Å²) >= 11 is 12.1. The molecule has 1 heterocycles. The lowest BCUT2D eigenvalue weighted by Crippen LogP contribution is -2.07. The maximum absolute atomic E-state index is 10.4. The molecule has 0 saturated heterocycles. The van der Waals surface area contributed by atoms with E-state index in [1.807, 2.05) is 0 Å². The van der Waals surface area contributed by atoms with E-state index in [4.69, 9.17) is 28.3 Å². The molecule has 15 heavy (non-hydrogen) atoms. The van der Waals surface area contributed by atoms with Crippen LogP contribution in [0.15, 0.2) is 0 Å². The van der Waals surface area contributed by atoms with Gasteiger partial charge in [0.2, 0.25) is 5.88 Å². The van der Waals surface area contributed by atoms with Gasteiger partial charge in [0.1, 0.15) is 10.7 Å². The summed E-state index contributed by atoms with van der Waals surface area (Å²) < 4.78 is 5.78. The van der Waals surface area contributed by atoms with Gasteiger partial charge in [-0.15, -0.1) is 11.6 Å². The Morgan fingerprint density at radius 3 is 2.73 bits per heavy atom. The SMILES string of the molecule is Cn1nc(C2(Cl)CC2)c(Cl)c1OC(=O)O. The van der Waals surface area contributed by atoms with Crippen molar-refractivity contribution in [1.29, 1.82) is 0 Å². The van der Waals surface area contributed by atoms with Gasteiger partial charge in [0.25, 0.3) is 0 Å². The summed E-state index contributed by atoms with van der Waals surface area (Å²) in [5.74, 6) is 0.00564. The largest absolute Gasteiger partial charge is 0.512 e. The third-order valence-electron chi connectivity index (χ3n) is 2.24. The molecule has 0 radical (unpaired) electrons.